The molecule has 3 aliphatic heterocycles. The van der Waals surface area contributed by atoms with Gasteiger partial charge in [-0.15, -0.1) is 0 Å². The molecule has 8 nitrogen and oxygen atoms in total. The van der Waals surface area contributed by atoms with Crippen LogP contribution in [0.3, 0.4) is 0 Å². The number of nitrogens with one attached hydrogen (secondary N) is 1. The number of hydrogen-bond acceptors (Lipinski definition) is 7. The maximum atomic E-state index is 13.1. The normalized spacial score (nSPS) is 23.4. The molecule has 3 aliphatic rings. The van der Waals surface area contributed by atoms with Crippen LogP contribution in [0.1, 0.15) is 57.8 Å². The first kappa shape index (κ1) is 26.7. The lowest BCUT2D eigenvalue weighted by molar-refractivity contribution is 0.140. The van der Waals surface area contributed by atoms with Crippen molar-refractivity contribution in [1.29, 1.82) is 0 Å². The zero-order valence-electron chi connectivity index (χ0n) is 21.6. The van der Waals surface area contributed by atoms with Gasteiger partial charge in [-0.2, -0.15) is 9.29 Å². The smallest absolute Gasteiger partial charge is 0.243 e. The molecule has 0 radical (unpaired) electrons. The van der Waals surface area contributed by atoms with Crippen molar-refractivity contribution in [3.05, 3.63) is 41.6 Å². The summed E-state index contributed by atoms with van der Waals surface area (Å²) in [7, 11) is -3.48. The minimum atomic E-state index is -3.48. The van der Waals surface area contributed by atoms with Gasteiger partial charge in [0, 0.05) is 56.0 Å². The molecule has 1 aromatic carbocycles. The van der Waals surface area contributed by atoms with E-state index in [2.05, 4.69) is 20.1 Å². The Morgan fingerprint density at radius 2 is 1.54 bits per heavy atom. The molecule has 10 heteroatoms. The average molecular weight is 547 g/mol. The summed E-state index contributed by atoms with van der Waals surface area (Å²) in [5, 5.41) is 4.18. The van der Waals surface area contributed by atoms with Gasteiger partial charge >= 0.3 is 0 Å². The third kappa shape index (κ3) is 6.74. The first-order valence-corrected chi connectivity index (χ1v) is 15.7. The van der Waals surface area contributed by atoms with E-state index in [9.17, 15) is 8.42 Å². The molecule has 1 atom stereocenters. The Labute approximate surface area is 226 Å². The molecule has 0 amide bonds. The minimum absolute atomic E-state index is 0.290. The van der Waals surface area contributed by atoms with Crippen LogP contribution in [0, 0.1) is 0 Å². The third-order valence-electron chi connectivity index (χ3n) is 8.00. The van der Waals surface area contributed by atoms with Crippen molar-refractivity contribution in [3.63, 3.8) is 0 Å². The Bertz CT molecular complexity index is 1120. The quantitative estimate of drug-likeness (QED) is 0.565. The lowest BCUT2D eigenvalue weighted by atomic mass is 10.0. The molecule has 1 aromatic heterocycles. The van der Waals surface area contributed by atoms with Gasteiger partial charge < -0.3 is 10.2 Å². The van der Waals surface area contributed by atoms with Crippen LogP contribution >= 0.6 is 11.6 Å². The van der Waals surface area contributed by atoms with Crippen LogP contribution in [-0.2, 0) is 10.0 Å². The molecule has 202 valence electrons. The van der Waals surface area contributed by atoms with Crippen molar-refractivity contribution in [3.8, 4) is 0 Å². The van der Waals surface area contributed by atoms with Crippen molar-refractivity contribution >= 4 is 33.4 Å². The molecule has 2 aromatic rings. The van der Waals surface area contributed by atoms with Crippen LogP contribution in [0.15, 0.2) is 41.4 Å². The number of hydrogen-bond donors (Lipinski definition) is 1. The van der Waals surface area contributed by atoms with Crippen LogP contribution in [0.25, 0.3) is 0 Å². The van der Waals surface area contributed by atoms with Crippen LogP contribution in [0.2, 0.25) is 5.02 Å². The standard InChI is InChI=1S/C27H39ClN6O2S/c28-22-8-10-25(11-9-22)37(35,36)34-19-13-24(14-20-34)33-18-6-3-7-23(21-33)30-27-29-15-12-26(31-27)32-16-4-1-2-5-17-32/h8-12,15,23-24H,1-7,13-14,16-21H2,(H,29,30,31). The lowest BCUT2D eigenvalue weighted by Crippen LogP contribution is -2.49. The maximum Gasteiger partial charge on any atom is 0.243 e. The third-order valence-corrected chi connectivity index (χ3v) is 10.2. The molecule has 0 bridgehead atoms. The summed E-state index contributed by atoms with van der Waals surface area (Å²) < 4.78 is 27.8. The van der Waals surface area contributed by atoms with Crippen molar-refractivity contribution in [2.24, 2.45) is 0 Å². The SMILES string of the molecule is O=S(=O)(c1ccc(Cl)cc1)N1CCC(N2CCCCC(Nc3nccc(N4CCCCCC4)n3)C2)CC1. The molecule has 1 N–H and O–H groups in total. The van der Waals surface area contributed by atoms with E-state index in [4.69, 9.17) is 16.6 Å². The fourth-order valence-electron chi connectivity index (χ4n) is 5.90. The molecule has 0 spiro atoms. The van der Waals surface area contributed by atoms with Gasteiger partial charge in [-0.25, -0.2) is 13.4 Å². The van der Waals surface area contributed by atoms with Crippen molar-refractivity contribution < 1.29 is 8.42 Å². The van der Waals surface area contributed by atoms with E-state index >= 15 is 0 Å². The van der Waals surface area contributed by atoms with E-state index in [1.807, 2.05) is 12.3 Å². The Morgan fingerprint density at radius 1 is 0.838 bits per heavy atom. The molecule has 3 saturated heterocycles. The minimum Gasteiger partial charge on any atom is -0.356 e. The van der Waals surface area contributed by atoms with E-state index in [0.717, 1.165) is 63.6 Å². The number of rotatable bonds is 6. The van der Waals surface area contributed by atoms with E-state index < -0.39 is 10.0 Å². The summed E-state index contributed by atoms with van der Waals surface area (Å²) in [4.78, 5) is 14.7. The molecule has 5 rings (SSSR count). The second-order valence-corrected chi connectivity index (χ2v) is 12.9. The molecule has 1 unspecified atom stereocenters. The number of sulfonamides is 1. The van der Waals surface area contributed by atoms with Crippen LogP contribution < -0.4 is 10.2 Å². The molecular formula is C27H39ClN6O2S. The number of benzene rings is 1. The van der Waals surface area contributed by atoms with Gasteiger partial charge in [0.05, 0.1) is 4.90 Å². The fraction of sp³-hybridized carbons (Fsp3) is 0.630. The van der Waals surface area contributed by atoms with Gasteiger partial charge in [0.2, 0.25) is 16.0 Å². The lowest BCUT2D eigenvalue weighted by Gasteiger charge is -2.38. The van der Waals surface area contributed by atoms with E-state index in [1.165, 1.54) is 32.1 Å². The number of anilines is 2. The van der Waals surface area contributed by atoms with Crippen LogP contribution in [0.4, 0.5) is 11.8 Å². The van der Waals surface area contributed by atoms with Crippen LogP contribution in [-0.4, -0.2) is 78.9 Å². The van der Waals surface area contributed by atoms with E-state index in [1.54, 1.807) is 28.6 Å². The Hall–Kier alpha value is -1.94. The zero-order valence-corrected chi connectivity index (χ0v) is 23.1. The molecule has 37 heavy (non-hydrogen) atoms. The zero-order chi connectivity index (χ0) is 25.7. The second-order valence-electron chi connectivity index (χ2n) is 10.6. The highest BCUT2D eigenvalue weighted by Gasteiger charge is 2.33. The summed E-state index contributed by atoms with van der Waals surface area (Å²) in [6.07, 6.45) is 12.1. The molecular weight excluding hydrogens is 508 g/mol. The van der Waals surface area contributed by atoms with Crippen molar-refractivity contribution in [1.82, 2.24) is 19.2 Å². The number of aromatic nitrogens is 2. The summed E-state index contributed by atoms with van der Waals surface area (Å²) in [5.41, 5.74) is 0. The average Bonchev–Trinajstić information content (AvgIpc) is 3.33. The van der Waals surface area contributed by atoms with Gasteiger partial charge in [-0.3, -0.25) is 4.90 Å². The largest absolute Gasteiger partial charge is 0.356 e. The number of nitrogens with zero attached hydrogens (tertiary/aromatic N) is 5. The highest BCUT2D eigenvalue weighted by molar-refractivity contribution is 7.89. The predicted molar refractivity (Wildman–Crippen MR) is 149 cm³/mol. The Kier molecular flexibility index (Phi) is 8.85. The van der Waals surface area contributed by atoms with Gasteiger partial charge in [0.25, 0.3) is 0 Å². The summed E-state index contributed by atoms with van der Waals surface area (Å²) in [6, 6.07) is 9.18. The summed E-state index contributed by atoms with van der Waals surface area (Å²) >= 11 is 5.95. The monoisotopic (exact) mass is 546 g/mol. The predicted octanol–water partition coefficient (Wildman–Crippen LogP) is 4.63. The second kappa shape index (κ2) is 12.3. The first-order valence-electron chi connectivity index (χ1n) is 13.8. The highest BCUT2D eigenvalue weighted by Crippen LogP contribution is 2.27. The van der Waals surface area contributed by atoms with Gasteiger partial charge in [-0.05, 0) is 75.4 Å². The fourth-order valence-corrected chi connectivity index (χ4v) is 7.50. The Morgan fingerprint density at radius 3 is 2.27 bits per heavy atom. The van der Waals surface area contributed by atoms with Gasteiger partial charge in [0.15, 0.2) is 0 Å². The van der Waals surface area contributed by atoms with E-state index in [0.29, 0.717) is 29.0 Å². The van der Waals surface area contributed by atoms with Gasteiger partial charge in [0.1, 0.15) is 5.82 Å². The summed E-state index contributed by atoms with van der Waals surface area (Å²) in [5.74, 6) is 1.75. The molecule has 4 heterocycles. The molecule has 0 aliphatic carbocycles. The Balaban J connectivity index is 1.18. The molecule has 3 fully saturated rings. The number of likely N-dealkylation sites (tertiary alicyclic amines) is 1. The van der Waals surface area contributed by atoms with Crippen LogP contribution in [0.5, 0.6) is 0 Å². The van der Waals surface area contributed by atoms with E-state index in [-0.39, 0.29) is 6.04 Å². The maximum absolute atomic E-state index is 13.1. The number of piperidine rings is 1. The topological polar surface area (TPSA) is 81.7 Å². The molecule has 0 saturated carbocycles. The first-order chi connectivity index (χ1) is 18.0. The summed E-state index contributed by atoms with van der Waals surface area (Å²) in [6.45, 7) is 5.23. The number of halogens is 1. The van der Waals surface area contributed by atoms with Crippen molar-refractivity contribution in [2.45, 2.75) is 74.8 Å². The van der Waals surface area contributed by atoms with Crippen molar-refractivity contribution in [2.75, 3.05) is 49.5 Å². The van der Waals surface area contributed by atoms with Gasteiger partial charge in [-0.1, -0.05) is 30.9 Å². The highest BCUT2D eigenvalue weighted by atomic mass is 35.5.